The molecule has 7 nitrogen and oxygen atoms in total. The summed E-state index contributed by atoms with van der Waals surface area (Å²) in [5.74, 6) is 0.727. The van der Waals surface area contributed by atoms with Crippen molar-refractivity contribution in [2.45, 2.75) is 44.9 Å². The zero-order valence-corrected chi connectivity index (χ0v) is 17.2. The SMILES string of the molecule is COC(=O)[C@@H]1C[C@H](Oc2cc(Br)cc(OC)c2)CN1C(=O)OC(C)(C)C. The van der Waals surface area contributed by atoms with E-state index in [9.17, 15) is 9.59 Å². The minimum atomic E-state index is -0.742. The standard InChI is InChI=1S/C18H24BrNO6/c1-18(2,3)26-17(22)20-10-14(9-15(20)16(21)24-5)25-13-7-11(19)6-12(8-13)23-4/h6-8,14-15H,9-10H2,1-5H3/t14-,15-/m0/s1. The number of benzene rings is 1. The van der Waals surface area contributed by atoms with Gasteiger partial charge in [-0.2, -0.15) is 0 Å². The van der Waals surface area contributed by atoms with Gasteiger partial charge in [0.05, 0.1) is 20.8 Å². The first-order valence-corrected chi connectivity index (χ1v) is 9.01. The average Bonchev–Trinajstić information content (AvgIpc) is 2.95. The van der Waals surface area contributed by atoms with Crippen LogP contribution in [-0.4, -0.2) is 55.5 Å². The van der Waals surface area contributed by atoms with E-state index in [0.29, 0.717) is 17.9 Å². The number of carbonyl (C=O) groups is 2. The van der Waals surface area contributed by atoms with Gasteiger partial charge >= 0.3 is 12.1 Å². The molecule has 1 amide bonds. The van der Waals surface area contributed by atoms with Gasteiger partial charge in [-0.1, -0.05) is 15.9 Å². The molecule has 0 bridgehead atoms. The Labute approximate surface area is 161 Å². The maximum Gasteiger partial charge on any atom is 0.411 e. The Morgan fingerprint density at radius 3 is 2.38 bits per heavy atom. The fourth-order valence-electron chi connectivity index (χ4n) is 2.68. The predicted octanol–water partition coefficient (Wildman–Crippen LogP) is 3.39. The molecule has 1 heterocycles. The number of likely N-dealkylation sites (tertiary alicyclic amines) is 1. The number of amides is 1. The van der Waals surface area contributed by atoms with Crippen molar-refractivity contribution in [3.8, 4) is 11.5 Å². The second-order valence-corrected chi connectivity index (χ2v) is 7.89. The highest BCUT2D eigenvalue weighted by Gasteiger charge is 2.43. The quantitative estimate of drug-likeness (QED) is 0.682. The molecule has 2 rings (SSSR count). The van der Waals surface area contributed by atoms with E-state index in [1.165, 1.54) is 12.0 Å². The Hall–Kier alpha value is -1.96. The fraction of sp³-hybridized carbons (Fsp3) is 0.556. The number of esters is 1. The van der Waals surface area contributed by atoms with Gasteiger partial charge in [-0.05, 0) is 32.9 Å². The van der Waals surface area contributed by atoms with E-state index < -0.39 is 23.7 Å². The van der Waals surface area contributed by atoms with Crippen molar-refractivity contribution >= 4 is 28.0 Å². The molecule has 1 aliphatic heterocycles. The lowest BCUT2D eigenvalue weighted by atomic mass is 10.2. The van der Waals surface area contributed by atoms with Crippen molar-refractivity contribution in [1.82, 2.24) is 4.90 Å². The predicted molar refractivity (Wildman–Crippen MR) is 98.5 cm³/mol. The van der Waals surface area contributed by atoms with Crippen LogP contribution in [0.1, 0.15) is 27.2 Å². The zero-order chi connectivity index (χ0) is 19.5. The molecule has 0 N–H and O–H groups in total. The molecule has 2 atom stereocenters. The molecule has 1 saturated heterocycles. The third-order valence-electron chi connectivity index (χ3n) is 3.75. The van der Waals surface area contributed by atoms with Crippen molar-refractivity contribution < 1.29 is 28.5 Å². The van der Waals surface area contributed by atoms with E-state index in [2.05, 4.69) is 15.9 Å². The van der Waals surface area contributed by atoms with E-state index >= 15 is 0 Å². The molecule has 0 aliphatic carbocycles. The second-order valence-electron chi connectivity index (χ2n) is 6.97. The van der Waals surface area contributed by atoms with Crippen LogP contribution >= 0.6 is 15.9 Å². The zero-order valence-electron chi connectivity index (χ0n) is 15.6. The average molecular weight is 430 g/mol. The molecule has 0 unspecified atom stereocenters. The van der Waals surface area contributed by atoms with Crippen molar-refractivity contribution in [3.05, 3.63) is 22.7 Å². The van der Waals surface area contributed by atoms with Crippen LogP contribution in [0.15, 0.2) is 22.7 Å². The first kappa shape index (κ1) is 20.4. The molecule has 8 heteroatoms. The Morgan fingerprint density at radius 1 is 1.15 bits per heavy atom. The molecule has 1 aromatic rings. The van der Waals surface area contributed by atoms with Crippen molar-refractivity contribution in [1.29, 1.82) is 0 Å². The molecule has 0 radical (unpaired) electrons. The lowest BCUT2D eigenvalue weighted by molar-refractivity contribution is -0.145. The molecular formula is C18H24BrNO6. The van der Waals surface area contributed by atoms with Crippen LogP contribution in [0.5, 0.6) is 11.5 Å². The second kappa shape index (κ2) is 8.16. The van der Waals surface area contributed by atoms with Gasteiger partial charge in [-0.25, -0.2) is 9.59 Å². The number of rotatable bonds is 4. The Kier molecular flexibility index (Phi) is 6.39. The molecule has 1 aliphatic rings. The number of nitrogens with zero attached hydrogens (tertiary/aromatic N) is 1. The highest BCUT2D eigenvalue weighted by atomic mass is 79.9. The summed E-state index contributed by atoms with van der Waals surface area (Å²) < 4.78 is 22.2. The van der Waals surface area contributed by atoms with E-state index in [1.807, 2.05) is 6.07 Å². The molecule has 26 heavy (non-hydrogen) atoms. The van der Waals surface area contributed by atoms with Crippen molar-refractivity contribution in [2.75, 3.05) is 20.8 Å². The molecule has 0 aromatic heterocycles. The molecule has 1 aromatic carbocycles. The summed E-state index contributed by atoms with van der Waals surface area (Å²) >= 11 is 3.40. The number of halogens is 1. The van der Waals surface area contributed by atoms with Crippen molar-refractivity contribution in [2.24, 2.45) is 0 Å². The Bertz CT molecular complexity index is 672. The van der Waals surface area contributed by atoms with Crippen molar-refractivity contribution in [3.63, 3.8) is 0 Å². The summed E-state index contributed by atoms with van der Waals surface area (Å²) in [6.45, 7) is 5.55. The van der Waals surface area contributed by atoms with Gasteiger partial charge in [0, 0.05) is 17.0 Å². The molecule has 0 spiro atoms. The van der Waals surface area contributed by atoms with Gasteiger partial charge < -0.3 is 18.9 Å². The van der Waals surface area contributed by atoms with E-state index in [-0.39, 0.29) is 12.6 Å². The lowest BCUT2D eigenvalue weighted by Crippen LogP contribution is -2.44. The Morgan fingerprint density at radius 2 is 1.81 bits per heavy atom. The highest BCUT2D eigenvalue weighted by molar-refractivity contribution is 9.10. The lowest BCUT2D eigenvalue weighted by Gasteiger charge is -2.27. The summed E-state index contributed by atoms with van der Waals surface area (Å²) in [5.41, 5.74) is -0.658. The molecule has 144 valence electrons. The van der Waals surface area contributed by atoms with Crippen LogP contribution in [-0.2, 0) is 14.3 Å². The monoisotopic (exact) mass is 429 g/mol. The summed E-state index contributed by atoms with van der Waals surface area (Å²) in [6.07, 6.45) is -0.614. The Balaban J connectivity index is 2.15. The largest absolute Gasteiger partial charge is 0.497 e. The highest BCUT2D eigenvalue weighted by Crippen LogP contribution is 2.30. The van der Waals surface area contributed by atoms with Crippen LogP contribution in [0, 0.1) is 0 Å². The van der Waals surface area contributed by atoms with E-state index in [0.717, 1.165) is 4.47 Å². The first-order valence-electron chi connectivity index (χ1n) is 8.21. The molecule has 1 fully saturated rings. The minimum Gasteiger partial charge on any atom is -0.497 e. The topological polar surface area (TPSA) is 74.3 Å². The summed E-state index contributed by atoms with van der Waals surface area (Å²) in [5, 5.41) is 0. The first-order chi connectivity index (χ1) is 12.1. The van der Waals surface area contributed by atoms with Gasteiger partial charge in [0.2, 0.25) is 0 Å². The number of hydrogen-bond donors (Lipinski definition) is 0. The van der Waals surface area contributed by atoms with Gasteiger partial charge in [0.15, 0.2) is 0 Å². The number of methoxy groups -OCH3 is 2. The van der Waals surface area contributed by atoms with Gasteiger partial charge in [0.1, 0.15) is 29.2 Å². The van der Waals surface area contributed by atoms with E-state index in [1.54, 1.807) is 40.0 Å². The van der Waals surface area contributed by atoms with Crippen LogP contribution in [0.2, 0.25) is 0 Å². The number of hydrogen-bond acceptors (Lipinski definition) is 6. The summed E-state index contributed by atoms with van der Waals surface area (Å²) in [4.78, 5) is 25.9. The van der Waals surface area contributed by atoms with Crippen LogP contribution < -0.4 is 9.47 Å². The third-order valence-corrected chi connectivity index (χ3v) is 4.21. The van der Waals surface area contributed by atoms with Crippen LogP contribution in [0.3, 0.4) is 0 Å². The molecule has 0 saturated carbocycles. The third kappa shape index (κ3) is 5.27. The van der Waals surface area contributed by atoms with E-state index in [4.69, 9.17) is 18.9 Å². The number of ether oxygens (including phenoxy) is 4. The van der Waals surface area contributed by atoms with Crippen LogP contribution in [0.4, 0.5) is 4.79 Å². The summed E-state index contributed by atoms with van der Waals surface area (Å²) in [7, 11) is 2.86. The van der Waals surface area contributed by atoms with Gasteiger partial charge in [-0.3, -0.25) is 4.90 Å². The smallest absolute Gasteiger partial charge is 0.411 e. The maximum absolute atomic E-state index is 12.5. The van der Waals surface area contributed by atoms with Crippen LogP contribution in [0.25, 0.3) is 0 Å². The fourth-order valence-corrected chi connectivity index (χ4v) is 3.13. The van der Waals surface area contributed by atoms with Gasteiger partial charge in [0.25, 0.3) is 0 Å². The minimum absolute atomic E-state index is 0.226. The normalized spacial score (nSPS) is 19.8. The molecular weight excluding hydrogens is 406 g/mol. The maximum atomic E-state index is 12.5. The summed E-state index contributed by atoms with van der Waals surface area (Å²) in [6, 6.07) is 4.61. The van der Waals surface area contributed by atoms with Gasteiger partial charge in [-0.15, -0.1) is 0 Å². The number of carbonyl (C=O) groups excluding carboxylic acids is 2.